The maximum absolute atomic E-state index is 6.02. The SMILES string of the molecule is Nc1ccc2c(c1)OCCN2Cc1cccc(Cl)c1. The maximum Gasteiger partial charge on any atom is 0.144 e. The molecule has 3 rings (SSSR count). The second kappa shape index (κ2) is 5.02. The van der Waals surface area contributed by atoms with Crippen LogP contribution >= 0.6 is 11.6 Å². The Morgan fingerprint density at radius 1 is 1.21 bits per heavy atom. The van der Waals surface area contributed by atoms with Gasteiger partial charge in [-0.3, -0.25) is 0 Å². The van der Waals surface area contributed by atoms with E-state index in [2.05, 4.69) is 11.0 Å². The van der Waals surface area contributed by atoms with E-state index in [-0.39, 0.29) is 0 Å². The monoisotopic (exact) mass is 274 g/mol. The predicted octanol–water partition coefficient (Wildman–Crippen LogP) is 3.32. The van der Waals surface area contributed by atoms with Crippen LogP contribution < -0.4 is 15.4 Å². The third-order valence-electron chi connectivity index (χ3n) is 3.21. The van der Waals surface area contributed by atoms with Gasteiger partial charge in [0, 0.05) is 23.3 Å². The second-order valence-corrected chi connectivity index (χ2v) is 5.06. The van der Waals surface area contributed by atoms with Gasteiger partial charge in [-0.25, -0.2) is 0 Å². The van der Waals surface area contributed by atoms with Crippen LogP contribution in [0.2, 0.25) is 5.02 Å². The molecule has 0 bridgehead atoms. The molecule has 2 N–H and O–H groups in total. The fourth-order valence-corrected chi connectivity index (χ4v) is 2.53. The number of anilines is 2. The molecule has 0 radical (unpaired) electrons. The molecule has 0 amide bonds. The van der Waals surface area contributed by atoms with Crippen molar-refractivity contribution in [2.75, 3.05) is 23.8 Å². The van der Waals surface area contributed by atoms with Crippen molar-refractivity contribution in [1.29, 1.82) is 0 Å². The van der Waals surface area contributed by atoms with E-state index in [0.29, 0.717) is 6.61 Å². The Morgan fingerprint density at radius 3 is 2.95 bits per heavy atom. The van der Waals surface area contributed by atoms with Gasteiger partial charge in [0.25, 0.3) is 0 Å². The lowest BCUT2D eigenvalue weighted by Crippen LogP contribution is -2.32. The highest BCUT2D eigenvalue weighted by Gasteiger charge is 2.18. The van der Waals surface area contributed by atoms with E-state index in [1.807, 2.05) is 36.4 Å². The Kier molecular flexibility index (Phi) is 3.22. The molecule has 2 aromatic carbocycles. The first-order chi connectivity index (χ1) is 9.22. The van der Waals surface area contributed by atoms with Crippen LogP contribution in [0.1, 0.15) is 5.56 Å². The van der Waals surface area contributed by atoms with Gasteiger partial charge in [0.1, 0.15) is 12.4 Å². The quantitative estimate of drug-likeness (QED) is 0.854. The Morgan fingerprint density at radius 2 is 2.11 bits per heavy atom. The molecule has 0 aromatic heterocycles. The van der Waals surface area contributed by atoms with Gasteiger partial charge in [-0.2, -0.15) is 0 Å². The minimum absolute atomic E-state index is 0.678. The molecule has 0 unspecified atom stereocenters. The Labute approximate surface area is 117 Å². The summed E-state index contributed by atoms with van der Waals surface area (Å²) in [4.78, 5) is 2.28. The standard InChI is InChI=1S/C15H15ClN2O/c16-12-3-1-2-11(8-12)10-18-6-7-19-15-9-13(17)4-5-14(15)18/h1-5,8-9H,6-7,10,17H2. The normalized spacial score (nSPS) is 13.8. The van der Waals surface area contributed by atoms with Crippen molar-refractivity contribution in [1.82, 2.24) is 0 Å². The zero-order valence-corrected chi connectivity index (χ0v) is 11.2. The number of hydrogen-bond acceptors (Lipinski definition) is 3. The molecule has 4 heteroatoms. The summed E-state index contributed by atoms with van der Waals surface area (Å²) in [7, 11) is 0. The van der Waals surface area contributed by atoms with Crippen LogP contribution in [0, 0.1) is 0 Å². The lowest BCUT2D eigenvalue weighted by Gasteiger charge is -2.31. The highest BCUT2D eigenvalue weighted by molar-refractivity contribution is 6.30. The van der Waals surface area contributed by atoms with Crippen LogP contribution in [0.4, 0.5) is 11.4 Å². The molecular formula is C15H15ClN2O. The molecule has 2 aromatic rings. The summed E-state index contributed by atoms with van der Waals surface area (Å²) in [6.07, 6.45) is 0. The highest BCUT2D eigenvalue weighted by atomic mass is 35.5. The molecule has 98 valence electrons. The van der Waals surface area contributed by atoms with Gasteiger partial charge >= 0.3 is 0 Å². The van der Waals surface area contributed by atoms with Crippen molar-refractivity contribution in [2.45, 2.75) is 6.54 Å². The predicted molar refractivity (Wildman–Crippen MR) is 78.9 cm³/mol. The lowest BCUT2D eigenvalue weighted by atomic mass is 10.1. The summed E-state index contributed by atoms with van der Waals surface area (Å²) in [6, 6.07) is 13.7. The van der Waals surface area contributed by atoms with Crippen molar-refractivity contribution < 1.29 is 4.74 Å². The molecule has 1 heterocycles. The van der Waals surface area contributed by atoms with E-state index in [1.54, 1.807) is 0 Å². The minimum atomic E-state index is 0.678. The minimum Gasteiger partial charge on any atom is -0.489 e. The van der Waals surface area contributed by atoms with E-state index >= 15 is 0 Å². The number of hydrogen-bond donors (Lipinski definition) is 1. The molecule has 1 aliphatic heterocycles. The van der Waals surface area contributed by atoms with Crippen LogP contribution in [0.15, 0.2) is 42.5 Å². The van der Waals surface area contributed by atoms with Crippen LogP contribution in [0.25, 0.3) is 0 Å². The fraction of sp³-hybridized carbons (Fsp3) is 0.200. The second-order valence-electron chi connectivity index (χ2n) is 4.63. The van der Waals surface area contributed by atoms with Crippen molar-refractivity contribution in [2.24, 2.45) is 0 Å². The van der Waals surface area contributed by atoms with Crippen molar-refractivity contribution in [3.8, 4) is 5.75 Å². The summed E-state index contributed by atoms with van der Waals surface area (Å²) in [6.45, 7) is 2.36. The number of benzene rings is 2. The number of nitrogen functional groups attached to an aromatic ring is 1. The van der Waals surface area contributed by atoms with E-state index < -0.39 is 0 Å². The maximum atomic E-state index is 6.02. The number of fused-ring (bicyclic) bond motifs is 1. The molecule has 1 aliphatic rings. The van der Waals surface area contributed by atoms with Crippen LogP contribution in [-0.4, -0.2) is 13.2 Å². The zero-order valence-electron chi connectivity index (χ0n) is 10.5. The number of halogens is 1. The van der Waals surface area contributed by atoms with Gasteiger partial charge in [0.05, 0.1) is 12.2 Å². The average Bonchev–Trinajstić information content (AvgIpc) is 2.38. The molecule has 19 heavy (non-hydrogen) atoms. The van der Waals surface area contributed by atoms with Crippen molar-refractivity contribution in [3.05, 3.63) is 53.1 Å². The largest absolute Gasteiger partial charge is 0.489 e. The highest BCUT2D eigenvalue weighted by Crippen LogP contribution is 2.34. The molecule has 0 saturated heterocycles. The first kappa shape index (κ1) is 12.2. The fourth-order valence-electron chi connectivity index (χ4n) is 2.31. The third-order valence-corrected chi connectivity index (χ3v) is 3.44. The van der Waals surface area contributed by atoms with Crippen molar-refractivity contribution in [3.63, 3.8) is 0 Å². The number of nitrogens with two attached hydrogens (primary N) is 1. The Hall–Kier alpha value is -1.87. The third kappa shape index (κ3) is 2.61. The van der Waals surface area contributed by atoms with Crippen LogP contribution in [0.5, 0.6) is 5.75 Å². The molecule has 0 fully saturated rings. The van der Waals surface area contributed by atoms with Crippen molar-refractivity contribution >= 4 is 23.0 Å². The first-order valence-corrected chi connectivity index (χ1v) is 6.62. The Bertz CT molecular complexity index is 600. The smallest absolute Gasteiger partial charge is 0.144 e. The number of nitrogens with zero attached hydrogens (tertiary/aromatic N) is 1. The molecule has 3 nitrogen and oxygen atoms in total. The van der Waals surface area contributed by atoms with E-state index in [0.717, 1.165) is 35.2 Å². The van der Waals surface area contributed by atoms with E-state index in [4.69, 9.17) is 22.1 Å². The van der Waals surface area contributed by atoms with Gasteiger partial charge < -0.3 is 15.4 Å². The average molecular weight is 275 g/mol. The zero-order chi connectivity index (χ0) is 13.2. The molecule has 0 aliphatic carbocycles. The topological polar surface area (TPSA) is 38.5 Å². The van der Waals surface area contributed by atoms with E-state index in [9.17, 15) is 0 Å². The summed E-state index contributed by atoms with van der Waals surface area (Å²) in [5, 5.41) is 0.767. The molecule has 0 atom stereocenters. The number of ether oxygens (including phenoxy) is 1. The summed E-state index contributed by atoms with van der Waals surface area (Å²) in [5.74, 6) is 0.855. The van der Waals surface area contributed by atoms with Gasteiger partial charge in [0.15, 0.2) is 0 Å². The molecule has 0 spiro atoms. The molecular weight excluding hydrogens is 260 g/mol. The van der Waals surface area contributed by atoms with Crippen LogP contribution in [-0.2, 0) is 6.54 Å². The van der Waals surface area contributed by atoms with Gasteiger partial charge in [0.2, 0.25) is 0 Å². The lowest BCUT2D eigenvalue weighted by molar-refractivity contribution is 0.307. The first-order valence-electron chi connectivity index (χ1n) is 6.24. The summed E-state index contributed by atoms with van der Waals surface area (Å²) >= 11 is 6.02. The van der Waals surface area contributed by atoms with Gasteiger partial charge in [-0.05, 0) is 29.8 Å². The number of rotatable bonds is 2. The summed E-state index contributed by atoms with van der Waals surface area (Å²) in [5.41, 5.74) is 8.78. The van der Waals surface area contributed by atoms with Gasteiger partial charge in [-0.1, -0.05) is 23.7 Å². The van der Waals surface area contributed by atoms with E-state index in [1.165, 1.54) is 5.56 Å². The Balaban J connectivity index is 1.87. The van der Waals surface area contributed by atoms with Crippen LogP contribution in [0.3, 0.4) is 0 Å². The molecule has 0 saturated carbocycles. The summed E-state index contributed by atoms with van der Waals surface area (Å²) < 4.78 is 5.65. The van der Waals surface area contributed by atoms with Gasteiger partial charge in [-0.15, -0.1) is 0 Å².